The molecule has 1 N–H and O–H groups in total. The van der Waals surface area contributed by atoms with Gasteiger partial charge in [0.1, 0.15) is 5.75 Å². The first-order valence-electron chi connectivity index (χ1n) is 9.76. The number of hydrogen-bond donors (Lipinski definition) is 1. The number of aliphatic carboxylic acids is 1. The molecule has 1 heterocycles. The van der Waals surface area contributed by atoms with Crippen LogP contribution in [0.4, 0.5) is 0 Å². The van der Waals surface area contributed by atoms with E-state index in [9.17, 15) is 9.90 Å². The fourth-order valence-corrected chi connectivity index (χ4v) is 4.19. The zero-order valence-electron chi connectivity index (χ0n) is 16.4. The molecule has 0 aliphatic carbocycles. The third kappa shape index (κ3) is 4.51. The number of aryl methyl sites for hydroxylation is 2. The Hall–Kier alpha value is -2.33. The van der Waals surface area contributed by atoms with Crippen molar-refractivity contribution in [3.63, 3.8) is 0 Å². The lowest BCUT2D eigenvalue weighted by molar-refractivity contribution is -0.143. The highest BCUT2D eigenvalue weighted by Crippen LogP contribution is 2.37. The second kappa shape index (κ2) is 8.57. The lowest BCUT2D eigenvalue weighted by Gasteiger charge is -2.38. The number of ether oxygens (including phenoxy) is 1. The van der Waals surface area contributed by atoms with E-state index < -0.39 is 5.97 Å². The van der Waals surface area contributed by atoms with Crippen molar-refractivity contribution in [2.24, 2.45) is 5.92 Å². The van der Waals surface area contributed by atoms with Crippen LogP contribution < -0.4 is 4.74 Å². The first-order valence-corrected chi connectivity index (χ1v) is 9.76. The molecule has 144 valence electrons. The molecule has 4 nitrogen and oxygen atoms in total. The predicted molar refractivity (Wildman–Crippen MR) is 107 cm³/mol. The molecule has 1 aliphatic rings. The summed E-state index contributed by atoms with van der Waals surface area (Å²) in [5.74, 6) is -0.134. The molecule has 2 aromatic carbocycles. The summed E-state index contributed by atoms with van der Waals surface area (Å²) in [5.41, 5.74) is 4.74. The Morgan fingerprint density at radius 1 is 1.22 bits per heavy atom. The van der Waals surface area contributed by atoms with Gasteiger partial charge in [-0.15, -0.1) is 0 Å². The quantitative estimate of drug-likeness (QED) is 0.811. The minimum atomic E-state index is -0.697. The Kier molecular flexibility index (Phi) is 6.17. The van der Waals surface area contributed by atoms with Crippen LogP contribution in [0.25, 0.3) is 0 Å². The number of carbonyl (C=O) groups is 1. The van der Waals surface area contributed by atoms with Gasteiger partial charge in [0.15, 0.2) is 0 Å². The van der Waals surface area contributed by atoms with Crippen LogP contribution in [0, 0.1) is 19.8 Å². The number of benzene rings is 2. The van der Waals surface area contributed by atoms with Gasteiger partial charge in [0.25, 0.3) is 0 Å². The molecule has 27 heavy (non-hydrogen) atoms. The molecule has 1 fully saturated rings. The van der Waals surface area contributed by atoms with Gasteiger partial charge in [-0.3, -0.25) is 9.69 Å². The molecule has 1 saturated heterocycles. The molecule has 1 aliphatic heterocycles. The average Bonchev–Trinajstić information content (AvgIpc) is 2.63. The Balaban J connectivity index is 2.08. The van der Waals surface area contributed by atoms with Gasteiger partial charge in [0.2, 0.25) is 0 Å². The first kappa shape index (κ1) is 19.4. The highest BCUT2D eigenvalue weighted by Gasteiger charge is 2.32. The summed E-state index contributed by atoms with van der Waals surface area (Å²) in [6, 6.07) is 14.7. The van der Waals surface area contributed by atoms with E-state index in [0.29, 0.717) is 13.2 Å². The average molecular weight is 367 g/mol. The molecule has 0 radical (unpaired) electrons. The normalized spacial score (nSPS) is 18.9. The van der Waals surface area contributed by atoms with E-state index >= 15 is 0 Å². The Morgan fingerprint density at radius 2 is 1.93 bits per heavy atom. The molecular weight excluding hydrogens is 338 g/mol. The third-order valence-corrected chi connectivity index (χ3v) is 5.24. The minimum Gasteiger partial charge on any atom is -0.494 e. The van der Waals surface area contributed by atoms with Crippen LogP contribution in [-0.4, -0.2) is 35.7 Å². The van der Waals surface area contributed by atoms with Gasteiger partial charge in [-0.25, -0.2) is 0 Å². The lowest BCUT2D eigenvalue weighted by Crippen LogP contribution is -2.41. The Labute approximate surface area is 161 Å². The zero-order chi connectivity index (χ0) is 19.4. The molecule has 3 rings (SSSR count). The second-order valence-corrected chi connectivity index (χ2v) is 7.47. The summed E-state index contributed by atoms with van der Waals surface area (Å²) in [6.07, 6.45) is 1.65. The van der Waals surface area contributed by atoms with E-state index in [2.05, 4.69) is 43.0 Å². The number of para-hydroxylation sites is 1. The number of carboxylic acids is 1. The lowest BCUT2D eigenvalue weighted by atomic mass is 9.90. The van der Waals surface area contributed by atoms with Crippen LogP contribution in [0.2, 0.25) is 0 Å². The van der Waals surface area contributed by atoms with Gasteiger partial charge in [0, 0.05) is 12.1 Å². The zero-order valence-corrected chi connectivity index (χ0v) is 16.4. The summed E-state index contributed by atoms with van der Waals surface area (Å²) in [5, 5.41) is 9.55. The van der Waals surface area contributed by atoms with E-state index in [4.69, 9.17) is 4.74 Å². The van der Waals surface area contributed by atoms with Crippen LogP contribution >= 0.6 is 0 Å². The van der Waals surface area contributed by atoms with Crippen molar-refractivity contribution in [1.82, 2.24) is 4.90 Å². The van der Waals surface area contributed by atoms with Crippen molar-refractivity contribution < 1.29 is 14.6 Å². The van der Waals surface area contributed by atoms with Crippen LogP contribution in [0.1, 0.15) is 48.1 Å². The number of piperidine rings is 1. The van der Waals surface area contributed by atoms with Gasteiger partial charge in [0.05, 0.1) is 18.6 Å². The SMILES string of the molecule is CCOc1ccccc1C(c1cc(C)cc(C)c1)N1CCCC(C(=O)O)C1. The first-order chi connectivity index (χ1) is 13.0. The highest BCUT2D eigenvalue weighted by atomic mass is 16.5. The van der Waals surface area contributed by atoms with Crippen molar-refractivity contribution in [3.05, 3.63) is 64.7 Å². The Bertz CT molecular complexity index is 782. The summed E-state index contributed by atoms with van der Waals surface area (Å²) in [7, 11) is 0. The number of likely N-dealkylation sites (tertiary alicyclic amines) is 1. The van der Waals surface area contributed by atoms with Crippen LogP contribution in [0.5, 0.6) is 5.75 Å². The number of nitrogens with zero attached hydrogens (tertiary/aromatic N) is 1. The molecule has 0 aromatic heterocycles. The van der Waals surface area contributed by atoms with Gasteiger partial charge >= 0.3 is 5.97 Å². The van der Waals surface area contributed by atoms with Gasteiger partial charge in [-0.05, 0) is 51.8 Å². The van der Waals surface area contributed by atoms with E-state index in [1.165, 1.54) is 16.7 Å². The summed E-state index contributed by atoms with van der Waals surface area (Å²) in [4.78, 5) is 13.9. The van der Waals surface area contributed by atoms with Crippen molar-refractivity contribution in [2.45, 2.75) is 39.7 Å². The monoisotopic (exact) mass is 367 g/mol. The topological polar surface area (TPSA) is 49.8 Å². The van der Waals surface area contributed by atoms with Gasteiger partial charge in [-0.1, -0.05) is 47.5 Å². The molecule has 2 aromatic rings. The Morgan fingerprint density at radius 3 is 2.59 bits per heavy atom. The van der Waals surface area contributed by atoms with Crippen molar-refractivity contribution in [1.29, 1.82) is 0 Å². The molecule has 2 atom stereocenters. The molecule has 0 spiro atoms. The van der Waals surface area contributed by atoms with Crippen LogP contribution in [-0.2, 0) is 4.79 Å². The summed E-state index contributed by atoms with van der Waals surface area (Å²) >= 11 is 0. The maximum Gasteiger partial charge on any atom is 0.307 e. The van der Waals surface area contributed by atoms with Gasteiger partial charge in [-0.2, -0.15) is 0 Å². The molecule has 0 saturated carbocycles. The molecule has 4 heteroatoms. The van der Waals surface area contributed by atoms with Crippen molar-refractivity contribution in [2.75, 3.05) is 19.7 Å². The smallest absolute Gasteiger partial charge is 0.307 e. The van der Waals surface area contributed by atoms with Crippen LogP contribution in [0.15, 0.2) is 42.5 Å². The third-order valence-electron chi connectivity index (χ3n) is 5.24. The van der Waals surface area contributed by atoms with E-state index in [1.54, 1.807) is 0 Å². The summed E-state index contributed by atoms with van der Waals surface area (Å²) < 4.78 is 5.92. The van der Waals surface area contributed by atoms with Crippen molar-refractivity contribution in [3.8, 4) is 5.75 Å². The number of carboxylic acid groups (broad SMARTS) is 1. The second-order valence-electron chi connectivity index (χ2n) is 7.47. The maximum absolute atomic E-state index is 11.6. The summed E-state index contributed by atoms with van der Waals surface area (Å²) in [6.45, 7) is 8.27. The highest BCUT2D eigenvalue weighted by molar-refractivity contribution is 5.70. The van der Waals surface area contributed by atoms with Crippen LogP contribution in [0.3, 0.4) is 0 Å². The van der Waals surface area contributed by atoms with Crippen molar-refractivity contribution >= 4 is 5.97 Å². The number of hydrogen-bond acceptors (Lipinski definition) is 3. The van der Waals surface area contributed by atoms with E-state index in [1.807, 2.05) is 25.1 Å². The predicted octanol–water partition coefficient (Wildman–Crippen LogP) is 4.59. The van der Waals surface area contributed by atoms with E-state index in [0.717, 1.165) is 30.7 Å². The molecular formula is C23H29NO3. The molecule has 0 bridgehead atoms. The van der Waals surface area contributed by atoms with E-state index in [-0.39, 0.29) is 12.0 Å². The number of rotatable bonds is 6. The standard InChI is InChI=1S/C23H29NO3/c1-4-27-21-10-6-5-9-20(21)22(19-13-16(2)12-17(3)14-19)24-11-7-8-18(15-24)23(25)26/h5-6,9-10,12-14,18,22H,4,7-8,11,15H2,1-3H3,(H,25,26). The fourth-order valence-electron chi connectivity index (χ4n) is 4.19. The maximum atomic E-state index is 11.6. The van der Waals surface area contributed by atoms with Gasteiger partial charge < -0.3 is 9.84 Å². The fraction of sp³-hybridized carbons (Fsp3) is 0.435. The largest absolute Gasteiger partial charge is 0.494 e. The molecule has 2 unspecified atom stereocenters. The minimum absolute atomic E-state index is 0.00602. The molecule has 0 amide bonds.